The summed E-state index contributed by atoms with van der Waals surface area (Å²) in [5, 5.41) is 8.04. The normalized spacial score (nSPS) is 10.3. The van der Waals surface area contributed by atoms with Gasteiger partial charge in [-0.15, -0.1) is 0 Å². The Morgan fingerprint density at radius 3 is 2.54 bits per heavy atom. The molecule has 2 aromatic rings. The number of benzene rings is 1. The maximum atomic E-state index is 12.7. The average molecular weight is 198 g/mol. The Bertz CT molecular complexity index is 413. The summed E-state index contributed by atoms with van der Waals surface area (Å²) in [4.78, 5) is 1.34. The summed E-state index contributed by atoms with van der Waals surface area (Å²) >= 11 is 5.78. The molecule has 1 aromatic heterocycles. The van der Waals surface area contributed by atoms with Gasteiger partial charge in [0, 0.05) is 0 Å². The van der Waals surface area contributed by atoms with Crippen LogP contribution in [0.2, 0.25) is 5.02 Å². The maximum Gasteiger partial charge on any atom is 0.124 e. The van der Waals surface area contributed by atoms with Gasteiger partial charge in [0.15, 0.2) is 0 Å². The molecule has 1 aromatic carbocycles. The summed E-state index contributed by atoms with van der Waals surface area (Å²) in [7, 11) is 0. The topological polar surface area (TPSA) is 30.7 Å². The van der Waals surface area contributed by atoms with Crippen LogP contribution in [0.1, 0.15) is 0 Å². The molecule has 1 heterocycles. The Balaban J connectivity index is 2.53. The van der Waals surface area contributed by atoms with Gasteiger partial charge in [-0.3, -0.25) is 0 Å². The van der Waals surface area contributed by atoms with Crippen molar-refractivity contribution in [3.05, 3.63) is 41.4 Å². The molecule has 0 spiro atoms. The molecule has 5 heteroatoms. The zero-order chi connectivity index (χ0) is 9.26. The SMILES string of the molecule is Fc1ccc(-n2nccn2)c(Cl)c1. The van der Waals surface area contributed by atoms with E-state index in [0.717, 1.165) is 0 Å². The molecular formula is C8H5ClFN3. The second-order valence-electron chi connectivity index (χ2n) is 2.41. The van der Waals surface area contributed by atoms with Crippen LogP contribution in [-0.2, 0) is 0 Å². The van der Waals surface area contributed by atoms with Crippen molar-refractivity contribution in [2.24, 2.45) is 0 Å². The number of aromatic nitrogens is 3. The Hall–Kier alpha value is -1.42. The number of rotatable bonds is 1. The summed E-state index contributed by atoms with van der Waals surface area (Å²) in [5.74, 6) is -0.374. The van der Waals surface area contributed by atoms with Crippen molar-refractivity contribution in [1.29, 1.82) is 0 Å². The van der Waals surface area contributed by atoms with E-state index in [1.54, 1.807) is 0 Å². The van der Waals surface area contributed by atoms with Gasteiger partial charge < -0.3 is 0 Å². The van der Waals surface area contributed by atoms with E-state index in [1.165, 1.54) is 35.4 Å². The molecule has 0 bridgehead atoms. The van der Waals surface area contributed by atoms with Crippen LogP contribution in [0.4, 0.5) is 4.39 Å². The zero-order valence-corrected chi connectivity index (χ0v) is 7.24. The van der Waals surface area contributed by atoms with Crippen LogP contribution in [0, 0.1) is 5.82 Å². The quantitative estimate of drug-likeness (QED) is 0.701. The number of hydrogen-bond donors (Lipinski definition) is 0. The molecule has 0 aliphatic rings. The molecule has 2 rings (SSSR count). The first kappa shape index (κ1) is 8.19. The molecule has 0 aliphatic heterocycles. The Labute approximate surface area is 78.8 Å². The fraction of sp³-hybridized carbons (Fsp3) is 0. The van der Waals surface area contributed by atoms with Crippen molar-refractivity contribution in [2.45, 2.75) is 0 Å². The molecule has 0 N–H and O–H groups in total. The van der Waals surface area contributed by atoms with Crippen LogP contribution in [-0.4, -0.2) is 15.0 Å². The van der Waals surface area contributed by atoms with Gasteiger partial charge in [-0.05, 0) is 18.2 Å². The summed E-state index contributed by atoms with van der Waals surface area (Å²) in [6, 6.07) is 4.06. The molecule has 0 amide bonds. The van der Waals surface area contributed by atoms with Gasteiger partial charge in [0.05, 0.1) is 17.4 Å². The molecule has 13 heavy (non-hydrogen) atoms. The van der Waals surface area contributed by atoms with Gasteiger partial charge in [0.1, 0.15) is 11.5 Å². The Morgan fingerprint density at radius 2 is 1.92 bits per heavy atom. The van der Waals surface area contributed by atoms with E-state index in [4.69, 9.17) is 11.6 Å². The minimum absolute atomic E-state index is 0.288. The van der Waals surface area contributed by atoms with E-state index in [0.29, 0.717) is 5.69 Å². The predicted molar refractivity (Wildman–Crippen MR) is 46.3 cm³/mol. The first-order valence-corrected chi connectivity index (χ1v) is 3.97. The lowest BCUT2D eigenvalue weighted by Crippen LogP contribution is -1.99. The van der Waals surface area contributed by atoms with Crippen LogP contribution >= 0.6 is 11.6 Å². The average Bonchev–Trinajstić information content (AvgIpc) is 2.56. The van der Waals surface area contributed by atoms with Gasteiger partial charge in [0.2, 0.25) is 0 Å². The molecule has 0 aliphatic carbocycles. The molecule has 0 saturated heterocycles. The van der Waals surface area contributed by atoms with Crippen molar-refractivity contribution >= 4 is 11.6 Å². The van der Waals surface area contributed by atoms with Crippen LogP contribution in [0.3, 0.4) is 0 Å². The maximum absolute atomic E-state index is 12.7. The fourth-order valence-electron chi connectivity index (χ4n) is 0.984. The van der Waals surface area contributed by atoms with Crippen LogP contribution in [0.5, 0.6) is 0 Å². The Kier molecular flexibility index (Phi) is 1.98. The fourth-order valence-corrected chi connectivity index (χ4v) is 1.23. The predicted octanol–water partition coefficient (Wildman–Crippen LogP) is 2.06. The lowest BCUT2D eigenvalue weighted by molar-refractivity contribution is 0.626. The third-order valence-corrected chi connectivity index (χ3v) is 1.85. The highest BCUT2D eigenvalue weighted by molar-refractivity contribution is 6.32. The lowest BCUT2D eigenvalue weighted by Gasteiger charge is -2.01. The molecular weight excluding hydrogens is 193 g/mol. The molecule has 66 valence electrons. The van der Waals surface area contributed by atoms with Crippen molar-refractivity contribution in [3.8, 4) is 5.69 Å². The monoisotopic (exact) mass is 197 g/mol. The minimum Gasteiger partial charge on any atom is -0.207 e. The van der Waals surface area contributed by atoms with E-state index in [-0.39, 0.29) is 10.8 Å². The number of halogens is 2. The first-order valence-electron chi connectivity index (χ1n) is 3.59. The smallest absolute Gasteiger partial charge is 0.124 e. The highest BCUT2D eigenvalue weighted by Gasteiger charge is 2.04. The van der Waals surface area contributed by atoms with Crippen molar-refractivity contribution in [2.75, 3.05) is 0 Å². The molecule has 0 saturated carbocycles. The number of nitrogens with zero attached hydrogens (tertiary/aromatic N) is 3. The lowest BCUT2D eigenvalue weighted by atomic mass is 10.3. The van der Waals surface area contributed by atoms with Gasteiger partial charge in [-0.25, -0.2) is 4.39 Å². The standard InChI is InChI=1S/C8H5ClFN3/c9-7-5-6(10)1-2-8(7)13-11-3-4-12-13/h1-5H. The van der Waals surface area contributed by atoms with Gasteiger partial charge >= 0.3 is 0 Å². The summed E-state index contributed by atoms with van der Waals surface area (Å²) in [6.45, 7) is 0. The third kappa shape index (κ3) is 1.53. The van der Waals surface area contributed by atoms with Gasteiger partial charge in [0.25, 0.3) is 0 Å². The van der Waals surface area contributed by atoms with E-state index in [9.17, 15) is 4.39 Å². The summed E-state index contributed by atoms with van der Waals surface area (Å²) in [6.07, 6.45) is 3.05. The van der Waals surface area contributed by atoms with E-state index >= 15 is 0 Å². The molecule has 0 radical (unpaired) electrons. The zero-order valence-electron chi connectivity index (χ0n) is 6.48. The second kappa shape index (κ2) is 3.14. The minimum atomic E-state index is -0.374. The summed E-state index contributed by atoms with van der Waals surface area (Å²) in [5.41, 5.74) is 0.563. The van der Waals surface area contributed by atoms with Gasteiger partial charge in [-0.2, -0.15) is 15.0 Å². The van der Waals surface area contributed by atoms with Crippen molar-refractivity contribution in [1.82, 2.24) is 15.0 Å². The van der Waals surface area contributed by atoms with Crippen molar-refractivity contribution < 1.29 is 4.39 Å². The van der Waals surface area contributed by atoms with Crippen LogP contribution in [0.15, 0.2) is 30.6 Å². The third-order valence-electron chi connectivity index (χ3n) is 1.54. The van der Waals surface area contributed by atoms with Crippen molar-refractivity contribution in [3.63, 3.8) is 0 Å². The number of hydrogen-bond acceptors (Lipinski definition) is 2. The van der Waals surface area contributed by atoms with Gasteiger partial charge in [-0.1, -0.05) is 11.6 Å². The molecule has 0 unspecified atom stereocenters. The first-order chi connectivity index (χ1) is 6.27. The molecule has 0 fully saturated rings. The highest BCUT2D eigenvalue weighted by Crippen LogP contribution is 2.19. The van der Waals surface area contributed by atoms with Crippen LogP contribution < -0.4 is 0 Å². The van der Waals surface area contributed by atoms with Crippen LogP contribution in [0.25, 0.3) is 5.69 Å². The second-order valence-corrected chi connectivity index (χ2v) is 2.82. The molecule has 3 nitrogen and oxygen atoms in total. The van der Waals surface area contributed by atoms with E-state index in [2.05, 4.69) is 10.2 Å². The Morgan fingerprint density at radius 1 is 1.23 bits per heavy atom. The largest absolute Gasteiger partial charge is 0.207 e. The summed E-state index contributed by atoms with van der Waals surface area (Å²) < 4.78 is 12.7. The van der Waals surface area contributed by atoms with E-state index < -0.39 is 0 Å². The molecule has 0 atom stereocenters. The van der Waals surface area contributed by atoms with E-state index in [1.807, 2.05) is 0 Å². The highest BCUT2D eigenvalue weighted by atomic mass is 35.5.